The zero-order chi connectivity index (χ0) is 11.7. The molecule has 1 aliphatic rings. The van der Waals surface area contributed by atoms with Crippen molar-refractivity contribution in [3.63, 3.8) is 0 Å². The molecule has 17 heavy (non-hydrogen) atoms. The van der Waals surface area contributed by atoms with Gasteiger partial charge in [0.2, 0.25) is 0 Å². The molecule has 2 nitrogen and oxygen atoms in total. The molecular formula is C14H8N2S. The average molecular weight is 236 g/mol. The van der Waals surface area contributed by atoms with Crippen molar-refractivity contribution in [3.8, 4) is 6.07 Å². The van der Waals surface area contributed by atoms with Gasteiger partial charge in [-0.2, -0.15) is 5.26 Å². The molecular weight excluding hydrogens is 228 g/mol. The van der Waals surface area contributed by atoms with Crippen molar-refractivity contribution in [1.82, 2.24) is 0 Å². The van der Waals surface area contributed by atoms with Crippen LogP contribution in [0.15, 0.2) is 46.1 Å². The van der Waals surface area contributed by atoms with Crippen LogP contribution in [0.3, 0.4) is 0 Å². The lowest BCUT2D eigenvalue weighted by atomic mass is 10.1. The molecule has 2 aromatic rings. The minimum Gasteiger partial charge on any atom is -0.247 e. The Balaban J connectivity index is 2.43. The van der Waals surface area contributed by atoms with Crippen molar-refractivity contribution < 1.29 is 0 Å². The lowest BCUT2D eigenvalue weighted by Gasteiger charge is -1.96. The maximum Gasteiger partial charge on any atom is 0.0918 e. The maximum absolute atomic E-state index is 8.85. The summed E-state index contributed by atoms with van der Waals surface area (Å²) in [6.07, 6.45) is 3.59. The number of rotatable bonds is 0. The van der Waals surface area contributed by atoms with Crippen LogP contribution >= 0.6 is 11.3 Å². The molecule has 0 atom stereocenters. The second-order valence-corrected chi connectivity index (χ2v) is 4.46. The predicted molar refractivity (Wildman–Crippen MR) is 69.3 cm³/mol. The highest BCUT2D eigenvalue weighted by Crippen LogP contribution is 2.31. The number of para-hydroxylation sites is 1. The summed E-state index contributed by atoms with van der Waals surface area (Å²) < 4.78 is 0. The first-order valence-electron chi connectivity index (χ1n) is 5.20. The first kappa shape index (κ1) is 10.0. The molecule has 3 heteroatoms. The van der Waals surface area contributed by atoms with Gasteiger partial charge in [-0.15, -0.1) is 11.3 Å². The highest BCUT2D eigenvalue weighted by Gasteiger charge is 2.09. The zero-order valence-corrected chi connectivity index (χ0v) is 9.74. The number of hydrogen-bond acceptors (Lipinski definition) is 3. The molecule has 1 aromatic carbocycles. The van der Waals surface area contributed by atoms with Gasteiger partial charge in [0.15, 0.2) is 0 Å². The summed E-state index contributed by atoms with van der Waals surface area (Å²) in [5, 5.41) is 14.9. The number of allylic oxidation sites excluding steroid dienone is 2. The maximum atomic E-state index is 8.85. The number of hydrogen-bond donors (Lipinski definition) is 0. The third-order valence-electron chi connectivity index (χ3n) is 2.66. The lowest BCUT2D eigenvalue weighted by Crippen LogP contribution is -2.22. The molecule has 1 aromatic heterocycles. The fourth-order valence-electron chi connectivity index (χ4n) is 1.87. The number of thiophene rings is 1. The van der Waals surface area contributed by atoms with Crippen LogP contribution < -0.4 is 10.6 Å². The molecule has 0 bridgehead atoms. The summed E-state index contributed by atoms with van der Waals surface area (Å²) in [6, 6.07) is 10.1. The third-order valence-corrected chi connectivity index (χ3v) is 3.39. The molecule has 0 saturated carbocycles. The second-order valence-electron chi connectivity index (χ2n) is 3.71. The van der Waals surface area contributed by atoms with Crippen LogP contribution in [0.2, 0.25) is 0 Å². The quantitative estimate of drug-likeness (QED) is 0.647. The van der Waals surface area contributed by atoms with Gasteiger partial charge in [-0.3, -0.25) is 0 Å². The van der Waals surface area contributed by atoms with Gasteiger partial charge in [0.1, 0.15) is 0 Å². The Labute approximate surface area is 102 Å². The van der Waals surface area contributed by atoms with E-state index >= 15 is 0 Å². The highest BCUT2D eigenvalue weighted by molar-refractivity contribution is 7.08. The molecule has 1 aliphatic heterocycles. The van der Waals surface area contributed by atoms with E-state index in [4.69, 9.17) is 5.26 Å². The Morgan fingerprint density at radius 1 is 1.24 bits per heavy atom. The molecule has 0 fully saturated rings. The van der Waals surface area contributed by atoms with Gasteiger partial charge in [-0.05, 0) is 17.7 Å². The number of fused-ring (bicyclic) bond motifs is 2. The van der Waals surface area contributed by atoms with E-state index < -0.39 is 0 Å². The smallest absolute Gasteiger partial charge is 0.0918 e. The Morgan fingerprint density at radius 3 is 3.00 bits per heavy atom. The van der Waals surface area contributed by atoms with Crippen LogP contribution in [0.1, 0.15) is 5.56 Å². The van der Waals surface area contributed by atoms with Crippen LogP contribution in [0, 0.1) is 11.3 Å². The van der Waals surface area contributed by atoms with E-state index in [1.165, 1.54) is 0 Å². The van der Waals surface area contributed by atoms with Crippen molar-refractivity contribution in [2.75, 3.05) is 0 Å². The summed E-state index contributed by atoms with van der Waals surface area (Å²) in [4.78, 5) is 4.62. The predicted octanol–water partition coefficient (Wildman–Crippen LogP) is 2.40. The average Bonchev–Trinajstić information content (AvgIpc) is 2.74. The summed E-state index contributed by atoms with van der Waals surface area (Å²) >= 11 is 1.60. The Morgan fingerprint density at radius 2 is 2.12 bits per heavy atom. The zero-order valence-electron chi connectivity index (χ0n) is 8.92. The van der Waals surface area contributed by atoms with E-state index in [9.17, 15) is 0 Å². The van der Waals surface area contributed by atoms with Gasteiger partial charge in [-0.1, -0.05) is 18.2 Å². The van der Waals surface area contributed by atoms with Gasteiger partial charge in [0.25, 0.3) is 0 Å². The Kier molecular flexibility index (Phi) is 2.36. The number of nitrogens with zero attached hydrogens (tertiary/aromatic N) is 2. The van der Waals surface area contributed by atoms with Crippen LogP contribution in [-0.2, 0) is 0 Å². The van der Waals surface area contributed by atoms with Crippen molar-refractivity contribution in [1.29, 1.82) is 5.26 Å². The van der Waals surface area contributed by atoms with Crippen LogP contribution in [-0.4, -0.2) is 0 Å². The van der Waals surface area contributed by atoms with Gasteiger partial charge in [0.05, 0.1) is 17.1 Å². The molecule has 0 spiro atoms. The summed E-state index contributed by atoms with van der Waals surface area (Å²) in [6.45, 7) is 0. The molecule has 0 unspecified atom stereocenters. The van der Waals surface area contributed by atoms with Gasteiger partial charge in [0, 0.05) is 27.6 Å². The van der Waals surface area contributed by atoms with Crippen molar-refractivity contribution >= 4 is 28.7 Å². The largest absolute Gasteiger partial charge is 0.247 e. The summed E-state index contributed by atoms with van der Waals surface area (Å²) in [5.74, 6) is 0. The van der Waals surface area contributed by atoms with Crippen LogP contribution in [0.5, 0.6) is 0 Å². The van der Waals surface area contributed by atoms with Crippen molar-refractivity contribution in [2.24, 2.45) is 4.99 Å². The normalized spacial score (nSPS) is 14.9. The van der Waals surface area contributed by atoms with E-state index in [1.54, 1.807) is 17.4 Å². The summed E-state index contributed by atoms with van der Waals surface area (Å²) in [7, 11) is 0. The molecule has 0 amide bonds. The summed E-state index contributed by atoms with van der Waals surface area (Å²) in [5.41, 5.74) is 2.91. The van der Waals surface area contributed by atoms with Crippen molar-refractivity contribution in [2.45, 2.75) is 0 Å². The number of benzene rings is 1. The Bertz CT molecular complexity index is 760. The standard InChI is InChI=1S/C14H8N2S/c15-6-5-10-7-11-3-1-2-4-13(11)16-14-9-17-8-12(10)14/h1-5,7-9H/b10-5-. The van der Waals surface area contributed by atoms with E-state index in [0.29, 0.717) is 0 Å². The Hall–Kier alpha value is -2.18. The molecule has 0 saturated heterocycles. The van der Waals surface area contributed by atoms with Crippen LogP contribution in [0.25, 0.3) is 11.6 Å². The molecule has 0 aliphatic carbocycles. The monoisotopic (exact) mass is 236 g/mol. The first-order chi connectivity index (χ1) is 8.38. The van der Waals surface area contributed by atoms with E-state index in [-0.39, 0.29) is 0 Å². The number of nitriles is 1. The molecule has 80 valence electrons. The van der Waals surface area contributed by atoms with Gasteiger partial charge < -0.3 is 0 Å². The highest BCUT2D eigenvalue weighted by atomic mass is 32.1. The SMILES string of the molecule is N#C/C=C1/C=c2ccccc2=Nc2cscc21. The molecule has 3 rings (SSSR count). The van der Waals surface area contributed by atoms with Gasteiger partial charge in [-0.25, -0.2) is 4.99 Å². The fraction of sp³-hybridized carbons (Fsp3) is 0. The molecule has 0 N–H and O–H groups in total. The van der Waals surface area contributed by atoms with Crippen molar-refractivity contribution in [3.05, 3.63) is 57.2 Å². The second kappa shape index (κ2) is 4.00. The molecule has 0 radical (unpaired) electrons. The fourth-order valence-corrected chi connectivity index (χ4v) is 2.64. The first-order valence-corrected chi connectivity index (χ1v) is 6.14. The minimum absolute atomic E-state index is 0.928. The lowest BCUT2D eigenvalue weighted by molar-refractivity contribution is 1.32. The minimum atomic E-state index is 0.928. The topological polar surface area (TPSA) is 36.1 Å². The third kappa shape index (κ3) is 1.69. The van der Waals surface area contributed by atoms with Gasteiger partial charge >= 0.3 is 0 Å². The van der Waals surface area contributed by atoms with E-state index in [1.807, 2.05) is 41.1 Å². The van der Waals surface area contributed by atoms with E-state index in [2.05, 4.69) is 11.1 Å². The van der Waals surface area contributed by atoms with E-state index in [0.717, 1.165) is 27.4 Å². The molecule has 2 heterocycles. The van der Waals surface area contributed by atoms with Crippen LogP contribution in [0.4, 0.5) is 5.69 Å².